The van der Waals surface area contributed by atoms with Crippen LogP contribution in [-0.2, 0) is 14.3 Å². The van der Waals surface area contributed by atoms with Crippen molar-refractivity contribution < 1.29 is 38.8 Å². The van der Waals surface area contributed by atoms with Gasteiger partial charge in [0.2, 0.25) is 5.78 Å². The Balaban J connectivity index is 0.000000218. The Labute approximate surface area is 226 Å². The molecule has 3 aromatic rings. The Morgan fingerprint density at radius 2 is 1.38 bits per heavy atom. The number of carbonyl (C=O) groups excluding carboxylic acids is 3. The Morgan fingerprint density at radius 1 is 0.769 bits per heavy atom. The molecule has 1 aliphatic rings. The Morgan fingerprint density at radius 3 is 1.95 bits per heavy atom. The van der Waals surface area contributed by atoms with Crippen molar-refractivity contribution in [2.45, 2.75) is 5.92 Å². The highest BCUT2D eigenvalue weighted by Crippen LogP contribution is 2.31. The van der Waals surface area contributed by atoms with Crippen LogP contribution in [0, 0.1) is 0 Å². The van der Waals surface area contributed by atoms with Crippen molar-refractivity contribution in [3.8, 4) is 23.0 Å². The van der Waals surface area contributed by atoms with Crippen molar-refractivity contribution >= 4 is 17.3 Å². The summed E-state index contributed by atoms with van der Waals surface area (Å²) < 4.78 is 14.9. The SMILES string of the molecule is C=CC(C1=CC(=O)C(OC)=CC1=O)c1ccc(OC)cc1.COc1ccc(C(=O)c2ccccc2O)c(O)c1. The highest BCUT2D eigenvalue weighted by Gasteiger charge is 2.26. The van der Waals surface area contributed by atoms with Crippen LogP contribution in [0.25, 0.3) is 0 Å². The standard InChI is InChI=1S/C17H16O4.C14H12O4/c1-4-13(11-5-7-12(20-2)8-6-11)14-9-16(19)17(21-3)10-15(14)18;1-18-9-6-7-11(13(16)8-9)14(17)10-4-2-3-5-12(10)15/h4-10,13H,1H2,2-3H3;2-8,15-16H,1H3. The van der Waals surface area contributed by atoms with Gasteiger partial charge in [-0.1, -0.05) is 30.3 Å². The third kappa shape index (κ3) is 6.61. The van der Waals surface area contributed by atoms with E-state index in [0.29, 0.717) is 11.3 Å². The largest absolute Gasteiger partial charge is 0.507 e. The molecular weight excluding hydrogens is 500 g/mol. The molecule has 0 spiro atoms. The number of ether oxygens (including phenoxy) is 3. The number of para-hydroxylation sites is 1. The zero-order chi connectivity index (χ0) is 28.5. The molecule has 0 aliphatic heterocycles. The van der Waals surface area contributed by atoms with E-state index in [1.807, 2.05) is 12.1 Å². The highest BCUT2D eigenvalue weighted by atomic mass is 16.5. The van der Waals surface area contributed by atoms with Gasteiger partial charge in [0.05, 0.1) is 32.5 Å². The summed E-state index contributed by atoms with van der Waals surface area (Å²) in [7, 11) is 4.42. The minimum atomic E-state index is -0.437. The van der Waals surface area contributed by atoms with Crippen LogP contribution in [0.4, 0.5) is 0 Å². The zero-order valence-corrected chi connectivity index (χ0v) is 21.7. The fourth-order valence-corrected chi connectivity index (χ4v) is 3.85. The maximum absolute atomic E-state index is 12.2. The average molecular weight is 529 g/mol. The quantitative estimate of drug-likeness (QED) is 0.240. The third-order valence-corrected chi connectivity index (χ3v) is 5.94. The molecule has 0 aromatic heterocycles. The maximum atomic E-state index is 12.2. The topological polar surface area (TPSA) is 119 Å². The summed E-state index contributed by atoms with van der Waals surface area (Å²) in [6.07, 6.45) is 4.18. The molecule has 0 amide bonds. The van der Waals surface area contributed by atoms with Crippen molar-refractivity contribution in [2.24, 2.45) is 0 Å². The first-order chi connectivity index (χ1) is 18.7. The number of phenols is 2. The van der Waals surface area contributed by atoms with Crippen LogP contribution >= 0.6 is 0 Å². The number of allylic oxidation sites excluding steroid dienone is 4. The summed E-state index contributed by atoms with van der Waals surface area (Å²) in [6.45, 7) is 3.77. The minimum absolute atomic E-state index is 0.0568. The first-order valence-corrected chi connectivity index (χ1v) is 11.8. The van der Waals surface area contributed by atoms with E-state index < -0.39 is 5.78 Å². The van der Waals surface area contributed by atoms with E-state index in [0.717, 1.165) is 11.3 Å². The van der Waals surface area contributed by atoms with Gasteiger partial charge in [0.25, 0.3) is 0 Å². The van der Waals surface area contributed by atoms with Gasteiger partial charge in [0, 0.05) is 23.6 Å². The van der Waals surface area contributed by atoms with Crippen LogP contribution in [0.15, 0.2) is 103 Å². The Bertz CT molecular complexity index is 1450. The molecule has 8 nitrogen and oxygen atoms in total. The van der Waals surface area contributed by atoms with Gasteiger partial charge in [0.1, 0.15) is 23.0 Å². The van der Waals surface area contributed by atoms with Gasteiger partial charge in [-0.2, -0.15) is 0 Å². The number of hydrogen-bond acceptors (Lipinski definition) is 8. The molecular formula is C31H28O8. The smallest absolute Gasteiger partial charge is 0.220 e. The normalized spacial score (nSPS) is 13.2. The second-order valence-corrected chi connectivity index (χ2v) is 8.26. The van der Waals surface area contributed by atoms with E-state index in [4.69, 9.17) is 14.2 Å². The molecule has 0 bridgehead atoms. The maximum Gasteiger partial charge on any atom is 0.220 e. The summed E-state index contributed by atoms with van der Waals surface area (Å²) in [4.78, 5) is 36.1. The van der Waals surface area contributed by atoms with Gasteiger partial charge >= 0.3 is 0 Å². The molecule has 0 saturated carbocycles. The van der Waals surface area contributed by atoms with E-state index in [9.17, 15) is 24.6 Å². The van der Waals surface area contributed by atoms with Gasteiger partial charge in [-0.15, -0.1) is 6.58 Å². The third-order valence-electron chi connectivity index (χ3n) is 5.94. The number of phenolic OH excluding ortho intramolecular Hbond substituents is 2. The molecule has 0 fully saturated rings. The lowest BCUT2D eigenvalue weighted by atomic mass is 9.85. The van der Waals surface area contributed by atoms with Gasteiger partial charge in [0.15, 0.2) is 17.3 Å². The molecule has 1 unspecified atom stereocenters. The minimum Gasteiger partial charge on any atom is -0.507 e. The molecule has 4 rings (SSSR count). The number of benzene rings is 3. The first-order valence-electron chi connectivity index (χ1n) is 11.8. The van der Waals surface area contributed by atoms with Crippen LogP contribution in [0.3, 0.4) is 0 Å². The van der Waals surface area contributed by atoms with Crippen LogP contribution in [-0.4, -0.2) is 48.9 Å². The number of carbonyl (C=O) groups is 3. The van der Waals surface area contributed by atoms with Crippen LogP contribution < -0.4 is 9.47 Å². The summed E-state index contributed by atoms with van der Waals surface area (Å²) in [6, 6.07) is 17.9. The van der Waals surface area contributed by atoms with Crippen LogP contribution in [0.5, 0.6) is 23.0 Å². The van der Waals surface area contributed by atoms with Gasteiger partial charge in [-0.25, -0.2) is 0 Å². The summed E-state index contributed by atoms with van der Waals surface area (Å²) in [5.41, 5.74) is 1.53. The van der Waals surface area contributed by atoms with Crippen LogP contribution in [0.1, 0.15) is 27.4 Å². The summed E-state index contributed by atoms with van der Waals surface area (Å²) >= 11 is 0. The van der Waals surface area contributed by atoms with Crippen LogP contribution in [0.2, 0.25) is 0 Å². The van der Waals surface area contributed by atoms with E-state index in [2.05, 4.69) is 6.58 Å². The van der Waals surface area contributed by atoms with Crippen molar-refractivity contribution in [2.75, 3.05) is 21.3 Å². The van der Waals surface area contributed by atoms with Gasteiger partial charge in [-0.05, 0) is 48.0 Å². The summed E-state index contributed by atoms with van der Waals surface area (Å²) in [5, 5.41) is 19.4. The second kappa shape index (κ2) is 12.9. The fourth-order valence-electron chi connectivity index (χ4n) is 3.85. The second-order valence-electron chi connectivity index (χ2n) is 8.26. The molecule has 0 heterocycles. The molecule has 200 valence electrons. The van der Waals surface area contributed by atoms with E-state index >= 15 is 0 Å². The van der Waals surface area contributed by atoms with Crippen molar-refractivity contribution in [3.63, 3.8) is 0 Å². The molecule has 1 atom stereocenters. The predicted octanol–water partition coefficient (Wildman–Crippen LogP) is 4.91. The number of ketones is 3. The first kappa shape index (κ1) is 28.5. The molecule has 2 N–H and O–H groups in total. The van der Waals surface area contributed by atoms with Crippen molar-refractivity contribution in [1.29, 1.82) is 0 Å². The number of methoxy groups -OCH3 is 3. The fraction of sp³-hybridized carbons (Fsp3) is 0.129. The molecule has 1 aliphatic carbocycles. The monoisotopic (exact) mass is 528 g/mol. The molecule has 3 aromatic carbocycles. The predicted molar refractivity (Wildman–Crippen MR) is 145 cm³/mol. The number of rotatable bonds is 8. The Kier molecular flexibility index (Phi) is 9.43. The lowest BCUT2D eigenvalue weighted by Gasteiger charge is -2.18. The highest BCUT2D eigenvalue weighted by molar-refractivity contribution is 6.19. The van der Waals surface area contributed by atoms with E-state index in [1.165, 1.54) is 50.6 Å². The zero-order valence-electron chi connectivity index (χ0n) is 21.7. The van der Waals surface area contributed by atoms with Gasteiger partial charge < -0.3 is 24.4 Å². The molecule has 8 heteroatoms. The molecule has 0 saturated heterocycles. The lowest BCUT2D eigenvalue weighted by Crippen LogP contribution is -2.18. The van der Waals surface area contributed by atoms with Crippen molar-refractivity contribution in [3.05, 3.63) is 120 Å². The number of hydrogen-bond donors (Lipinski definition) is 2. The molecule has 0 radical (unpaired) electrons. The number of aromatic hydroxyl groups is 2. The summed E-state index contributed by atoms with van der Waals surface area (Å²) in [5.74, 6) is -0.388. The van der Waals surface area contributed by atoms with E-state index in [1.54, 1.807) is 43.5 Å². The molecule has 39 heavy (non-hydrogen) atoms. The average Bonchev–Trinajstić information content (AvgIpc) is 2.95. The lowest BCUT2D eigenvalue weighted by molar-refractivity contribution is -0.117. The van der Waals surface area contributed by atoms with Crippen molar-refractivity contribution in [1.82, 2.24) is 0 Å². The Hall–Kier alpha value is -5.11. The van der Waals surface area contributed by atoms with Gasteiger partial charge in [-0.3, -0.25) is 14.4 Å². The van der Waals surface area contributed by atoms with E-state index in [-0.39, 0.29) is 45.9 Å².